The third-order valence-corrected chi connectivity index (χ3v) is 2.75. The zero-order valence-electron chi connectivity index (χ0n) is 10.3. The van der Waals surface area contributed by atoms with Gasteiger partial charge in [0.2, 0.25) is 0 Å². The highest BCUT2D eigenvalue weighted by atomic mass is 16.5. The van der Waals surface area contributed by atoms with Gasteiger partial charge in [0.25, 0.3) is 0 Å². The fourth-order valence-electron chi connectivity index (χ4n) is 1.83. The van der Waals surface area contributed by atoms with E-state index < -0.39 is 0 Å². The van der Waals surface area contributed by atoms with Crippen LogP contribution in [-0.2, 0) is 6.42 Å². The zero-order chi connectivity index (χ0) is 13.1. The van der Waals surface area contributed by atoms with E-state index in [2.05, 4.69) is 16.6 Å². The standard InChI is InChI=1S/C13H16N4O/c1-8(3-5-16-9(2)14)11-7-17-13(15)10-4-6-18-12(10)11/h3,5,7H,2,4,6,14H2,1H3,(H2,15,17)/b8-3+,16-5-. The van der Waals surface area contributed by atoms with Crippen LogP contribution in [0.3, 0.4) is 0 Å². The largest absolute Gasteiger partial charge is 0.492 e. The summed E-state index contributed by atoms with van der Waals surface area (Å²) in [4.78, 5) is 8.08. The summed E-state index contributed by atoms with van der Waals surface area (Å²) >= 11 is 0. The Morgan fingerprint density at radius 2 is 2.39 bits per heavy atom. The quantitative estimate of drug-likeness (QED) is 0.789. The van der Waals surface area contributed by atoms with Crippen LogP contribution < -0.4 is 16.2 Å². The normalized spacial score (nSPS) is 14.6. The Hall–Kier alpha value is -2.30. The van der Waals surface area contributed by atoms with E-state index in [0.717, 1.165) is 28.9 Å². The number of anilines is 1. The van der Waals surface area contributed by atoms with Crippen LogP contribution in [-0.4, -0.2) is 17.8 Å². The molecule has 1 aromatic rings. The van der Waals surface area contributed by atoms with Gasteiger partial charge in [-0.1, -0.05) is 6.58 Å². The predicted octanol–water partition coefficient (Wildman–Crippen LogP) is 1.50. The lowest BCUT2D eigenvalue weighted by Gasteiger charge is -2.08. The average molecular weight is 244 g/mol. The van der Waals surface area contributed by atoms with E-state index >= 15 is 0 Å². The van der Waals surface area contributed by atoms with Crippen LogP contribution in [0, 0.1) is 0 Å². The second kappa shape index (κ2) is 4.91. The average Bonchev–Trinajstić information content (AvgIpc) is 2.78. The molecule has 18 heavy (non-hydrogen) atoms. The maximum atomic E-state index is 5.82. The van der Waals surface area contributed by atoms with Gasteiger partial charge in [-0.3, -0.25) is 0 Å². The van der Waals surface area contributed by atoms with Crippen LogP contribution in [0.2, 0.25) is 0 Å². The molecule has 0 saturated heterocycles. The lowest BCUT2D eigenvalue weighted by Crippen LogP contribution is -1.97. The van der Waals surface area contributed by atoms with Crippen molar-refractivity contribution in [3.8, 4) is 5.75 Å². The summed E-state index contributed by atoms with van der Waals surface area (Å²) in [6, 6.07) is 0. The summed E-state index contributed by atoms with van der Waals surface area (Å²) in [6.45, 7) is 6.10. The highest BCUT2D eigenvalue weighted by Crippen LogP contribution is 2.35. The first kappa shape index (κ1) is 12.2. The summed E-state index contributed by atoms with van der Waals surface area (Å²) in [6.07, 6.45) is 5.97. The topological polar surface area (TPSA) is 86.5 Å². The van der Waals surface area contributed by atoms with E-state index in [1.54, 1.807) is 12.4 Å². The minimum absolute atomic E-state index is 0.274. The molecule has 0 bridgehead atoms. The molecule has 0 radical (unpaired) electrons. The number of nitrogens with two attached hydrogens (primary N) is 2. The number of ether oxygens (including phenoxy) is 1. The van der Waals surface area contributed by atoms with Crippen LogP contribution >= 0.6 is 0 Å². The fraction of sp³-hybridized carbons (Fsp3) is 0.231. The van der Waals surface area contributed by atoms with E-state index in [-0.39, 0.29) is 5.82 Å². The Labute approximate surface area is 106 Å². The van der Waals surface area contributed by atoms with Gasteiger partial charge in [0.05, 0.1) is 6.61 Å². The van der Waals surface area contributed by atoms with E-state index in [1.165, 1.54) is 0 Å². The highest BCUT2D eigenvalue weighted by molar-refractivity contribution is 5.86. The molecule has 0 aromatic carbocycles. The van der Waals surface area contributed by atoms with Gasteiger partial charge in [0, 0.05) is 30.0 Å². The number of hydrogen-bond donors (Lipinski definition) is 2. The molecule has 0 amide bonds. The van der Waals surface area contributed by atoms with Gasteiger partial charge in [0.1, 0.15) is 17.4 Å². The van der Waals surface area contributed by atoms with Crippen molar-refractivity contribution < 1.29 is 4.74 Å². The number of hydrogen-bond acceptors (Lipinski definition) is 5. The Bertz CT molecular complexity index is 546. The van der Waals surface area contributed by atoms with Gasteiger partial charge < -0.3 is 16.2 Å². The van der Waals surface area contributed by atoms with Gasteiger partial charge >= 0.3 is 0 Å². The molecule has 2 rings (SSSR count). The van der Waals surface area contributed by atoms with Crippen molar-refractivity contribution in [1.82, 2.24) is 4.98 Å². The first-order valence-corrected chi connectivity index (χ1v) is 5.65. The first-order chi connectivity index (χ1) is 8.59. The summed E-state index contributed by atoms with van der Waals surface area (Å²) in [7, 11) is 0. The SMILES string of the molecule is C=C(N)/N=C\C=C(/C)c1cnc(N)c2c1OCC2. The highest BCUT2D eigenvalue weighted by Gasteiger charge is 2.20. The number of aromatic nitrogens is 1. The molecule has 0 spiro atoms. The molecule has 2 heterocycles. The molecule has 0 saturated carbocycles. The molecule has 0 unspecified atom stereocenters. The lowest BCUT2D eigenvalue weighted by molar-refractivity contribution is 0.356. The van der Waals surface area contributed by atoms with Crippen molar-refractivity contribution in [2.75, 3.05) is 12.3 Å². The van der Waals surface area contributed by atoms with E-state index in [0.29, 0.717) is 12.4 Å². The third-order valence-electron chi connectivity index (χ3n) is 2.75. The Morgan fingerprint density at radius 3 is 3.11 bits per heavy atom. The smallest absolute Gasteiger partial charge is 0.135 e. The minimum Gasteiger partial charge on any atom is -0.492 e. The van der Waals surface area contributed by atoms with Gasteiger partial charge in [-0.25, -0.2) is 9.98 Å². The maximum absolute atomic E-state index is 5.82. The minimum atomic E-state index is 0.274. The van der Waals surface area contributed by atoms with Crippen molar-refractivity contribution in [3.63, 3.8) is 0 Å². The molecule has 1 aliphatic rings. The molecule has 5 nitrogen and oxygen atoms in total. The van der Waals surface area contributed by atoms with Crippen molar-refractivity contribution >= 4 is 17.6 Å². The molecule has 0 fully saturated rings. The molecule has 94 valence electrons. The Balaban J connectivity index is 2.35. The van der Waals surface area contributed by atoms with Crippen LogP contribution in [0.4, 0.5) is 5.82 Å². The summed E-state index contributed by atoms with van der Waals surface area (Å²) in [5.41, 5.74) is 14.1. The lowest BCUT2D eigenvalue weighted by atomic mass is 10.0. The van der Waals surface area contributed by atoms with Crippen molar-refractivity contribution in [3.05, 3.63) is 35.8 Å². The summed E-state index contributed by atoms with van der Waals surface area (Å²) < 4.78 is 5.61. The first-order valence-electron chi connectivity index (χ1n) is 5.65. The molecular formula is C13H16N4O. The molecule has 5 heteroatoms. The molecule has 1 aromatic heterocycles. The van der Waals surface area contributed by atoms with E-state index in [1.807, 2.05) is 13.0 Å². The van der Waals surface area contributed by atoms with Crippen molar-refractivity contribution in [2.24, 2.45) is 10.7 Å². The third kappa shape index (κ3) is 2.34. The van der Waals surface area contributed by atoms with Crippen LogP contribution in [0.25, 0.3) is 5.57 Å². The number of aliphatic imine (C=N–C) groups is 1. The van der Waals surface area contributed by atoms with Gasteiger partial charge in [-0.15, -0.1) is 0 Å². The van der Waals surface area contributed by atoms with Crippen molar-refractivity contribution in [1.29, 1.82) is 0 Å². The summed E-state index contributed by atoms with van der Waals surface area (Å²) in [5, 5.41) is 0. The molecular weight excluding hydrogens is 228 g/mol. The van der Waals surface area contributed by atoms with E-state index in [9.17, 15) is 0 Å². The van der Waals surface area contributed by atoms with Crippen LogP contribution in [0.1, 0.15) is 18.1 Å². The predicted molar refractivity (Wildman–Crippen MR) is 73.3 cm³/mol. The van der Waals surface area contributed by atoms with Crippen LogP contribution in [0.15, 0.2) is 29.7 Å². The number of pyridine rings is 1. The molecule has 1 aliphatic heterocycles. The number of allylic oxidation sites excluding steroid dienone is 2. The maximum Gasteiger partial charge on any atom is 0.135 e. The second-order valence-electron chi connectivity index (χ2n) is 4.08. The number of nitrogens with zero attached hydrogens (tertiary/aromatic N) is 2. The zero-order valence-corrected chi connectivity index (χ0v) is 10.3. The number of rotatable bonds is 3. The fourth-order valence-corrected chi connectivity index (χ4v) is 1.83. The molecule has 0 atom stereocenters. The monoisotopic (exact) mass is 244 g/mol. The Morgan fingerprint density at radius 1 is 1.61 bits per heavy atom. The molecule has 0 aliphatic carbocycles. The van der Waals surface area contributed by atoms with Gasteiger partial charge in [0.15, 0.2) is 0 Å². The number of fused-ring (bicyclic) bond motifs is 1. The second-order valence-corrected chi connectivity index (χ2v) is 4.08. The van der Waals surface area contributed by atoms with E-state index in [4.69, 9.17) is 16.2 Å². The molecule has 4 N–H and O–H groups in total. The Kier molecular flexibility index (Phi) is 3.32. The van der Waals surface area contributed by atoms with Crippen LogP contribution in [0.5, 0.6) is 5.75 Å². The summed E-state index contributed by atoms with van der Waals surface area (Å²) in [5.74, 6) is 1.65. The van der Waals surface area contributed by atoms with Gasteiger partial charge in [-0.2, -0.15) is 0 Å². The number of nitrogen functional groups attached to an aromatic ring is 1. The van der Waals surface area contributed by atoms with Gasteiger partial charge in [-0.05, 0) is 18.6 Å². The van der Waals surface area contributed by atoms with Crippen molar-refractivity contribution in [2.45, 2.75) is 13.3 Å².